The van der Waals surface area contributed by atoms with Crippen molar-refractivity contribution >= 4 is 11.7 Å². The summed E-state index contributed by atoms with van der Waals surface area (Å²) in [5, 5.41) is 8.96. The van der Waals surface area contributed by atoms with E-state index < -0.39 is 5.97 Å². The lowest BCUT2D eigenvalue weighted by atomic mass is 9.83. The van der Waals surface area contributed by atoms with Crippen LogP contribution in [0.3, 0.4) is 0 Å². The Morgan fingerprint density at radius 3 is 2.40 bits per heavy atom. The number of hydrogen-bond acceptors (Lipinski definition) is 2. The second-order valence-corrected chi connectivity index (χ2v) is 5.76. The zero-order valence-electron chi connectivity index (χ0n) is 12.3. The number of carboxylic acids is 1. The molecule has 0 amide bonds. The summed E-state index contributed by atoms with van der Waals surface area (Å²) in [4.78, 5) is 13.2. The third kappa shape index (κ3) is 3.99. The van der Waals surface area contributed by atoms with Crippen LogP contribution in [0.2, 0.25) is 0 Å². The molecule has 1 aliphatic carbocycles. The minimum atomic E-state index is -0.715. The molecular formula is C17H25NO2. The molecule has 0 atom stereocenters. The largest absolute Gasteiger partial charge is 0.481 e. The van der Waals surface area contributed by atoms with Gasteiger partial charge in [0.05, 0.1) is 6.42 Å². The Kier molecular flexibility index (Phi) is 5.45. The van der Waals surface area contributed by atoms with Crippen LogP contribution in [0, 0.1) is 5.92 Å². The number of hydrogen-bond donors (Lipinski definition) is 1. The van der Waals surface area contributed by atoms with Gasteiger partial charge in [0.25, 0.3) is 0 Å². The van der Waals surface area contributed by atoms with Gasteiger partial charge < -0.3 is 10.0 Å². The molecule has 1 aromatic rings. The molecule has 0 aliphatic heterocycles. The molecule has 0 spiro atoms. The van der Waals surface area contributed by atoms with E-state index >= 15 is 0 Å². The monoisotopic (exact) mass is 275 g/mol. The number of rotatable bonds is 6. The fraction of sp³-hybridized carbons (Fsp3) is 0.588. The quantitative estimate of drug-likeness (QED) is 0.855. The SMILES string of the molecule is CCC1CCC(N(CCC(=O)O)c2ccccc2)CC1. The summed E-state index contributed by atoms with van der Waals surface area (Å²) in [6.45, 7) is 2.88. The number of carbonyl (C=O) groups is 1. The highest BCUT2D eigenvalue weighted by Gasteiger charge is 2.25. The minimum absolute atomic E-state index is 0.211. The maximum absolute atomic E-state index is 10.9. The first-order valence-electron chi connectivity index (χ1n) is 7.74. The number of carboxylic acid groups (broad SMARTS) is 1. The summed E-state index contributed by atoms with van der Waals surface area (Å²) in [6, 6.07) is 10.7. The van der Waals surface area contributed by atoms with Crippen molar-refractivity contribution in [2.24, 2.45) is 5.92 Å². The van der Waals surface area contributed by atoms with Gasteiger partial charge >= 0.3 is 5.97 Å². The molecular weight excluding hydrogens is 250 g/mol. The maximum atomic E-state index is 10.9. The van der Waals surface area contributed by atoms with Crippen molar-refractivity contribution in [3.63, 3.8) is 0 Å². The zero-order chi connectivity index (χ0) is 14.4. The molecule has 0 radical (unpaired) electrons. The van der Waals surface area contributed by atoms with Crippen LogP contribution in [0.4, 0.5) is 5.69 Å². The predicted molar refractivity (Wildman–Crippen MR) is 82.1 cm³/mol. The average Bonchev–Trinajstić information content (AvgIpc) is 2.49. The second-order valence-electron chi connectivity index (χ2n) is 5.76. The first-order valence-corrected chi connectivity index (χ1v) is 7.74. The first kappa shape index (κ1) is 14.9. The van der Waals surface area contributed by atoms with Crippen LogP contribution in [0.1, 0.15) is 45.4 Å². The summed E-state index contributed by atoms with van der Waals surface area (Å²) in [5.74, 6) is 0.150. The van der Waals surface area contributed by atoms with E-state index in [1.54, 1.807) is 0 Å². The van der Waals surface area contributed by atoms with Crippen molar-refractivity contribution in [1.82, 2.24) is 0 Å². The molecule has 3 heteroatoms. The highest BCUT2D eigenvalue weighted by atomic mass is 16.4. The van der Waals surface area contributed by atoms with E-state index in [0.29, 0.717) is 12.6 Å². The van der Waals surface area contributed by atoms with E-state index in [2.05, 4.69) is 24.0 Å². The van der Waals surface area contributed by atoms with Crippen molar-refractivity contribution < 1.29 is 9.90 Å². The molecule has 0 unspecified atom stereocenters. The highest BCUT2D eigenvalue weighted by molar-refractivity contribution is 5.67. The van der Waals surface area contributed by atoms with Crippen LogP contribution in [0.25, 0.3) is 0 Å². The van der Waals surface area contributed by atoms with Crippen molar-refractivity contribution in [2.45, 2.75) is 51.5 Å². The second kappa shape index (κ2) is 7.32. The van der Waals surface area contributed by atoms with Gasteiger partial charge in [-0.05, 0) is 43.7 Å². The van der Waals surface area contributed by atoms with Crippen molar-refractivity contribution in [3.8, 4) is 0 Å². The van der Waals surface area contributed by atoms with E-state index in [9.17, 15) is 4.79 Å². The lowest BCUT2D eigenvalue weighted by molar-refractivity contribution is -0.136. The Bertz CT molecular complexity index is 410. The third-order valence-corrected chi connectivity index (χ3v) is 4.49. The number of para-hydroxylation sites is 1. The molecule has 1 saturated carbocycles. The zero-order valence-corrected chi connectivity index (χ0v) is 12.3. The summed E-state index contributed by atoms with van der Waals surface area (Å²) in [5.41, 5.74) is 1.16. The van der Waals surface area contributed by atoms with E-state index in [1.165, 1.54) is 32.1 Å². The fourth-order valence-electron chi connectivity index (χ4n) is 3.22. The predicted octanol–water partition coefficient (Wildman–Crippen LogP) is 3.94. The van der Waals surface area contributed by atoms with Gasteiger partial charge in [-0.1, -0.05) is 31.5 Å². The Balaban J connectivity index is 2.05. The van der Waals surface area contributed by atoms with Crippen LogP contribution < -0.4 is 4.90 Å². The Morgan fingerprint density at radius 1 is 1.20 bits per heavy atom. The number of anilines is 1. The maximum Gasteiger partial charge on any atom is 0.305 e. The topological polar surface area (TPSA) is 40.5 Å². The van der Waals surface area contributed by atoms with Gasteiger partial charge in [0, 0.05) is 18.3 Å². The summed E-state index contributed by atoms with van der Waals surface area (Å²) in [7, 11) is 0. The summed E-state index contributed by atoms with van der Waals surface area (Å²) in [6.07, 6.45) is 6.41. The molecule has 0 aromatic heterocycles. The standard InChI is InChI=1S/C17H25NO2/c1-2-14-8-10-16(11-9-14)18(13-12-17(19)20)15-6-4-3-5-7-15/h3-7,14,16H,2,8-13H2,1H3,(H,19,20). The Morgan fingerprint density at radius 2 is 1.85 bits per heavy atom. The van der Waals surface area contributed by atoms with Crippen LogP contribution in [0.5, 0.6) is 0 Å². The Hall–Kier alpha value is -1.51. The Labute approximate surface area is 121 Å². The molecule has 0 bridgehead atoms. The lowest BCUT2D eigenvalue weighted by Gasteiger charge is -2.38. The van der Waals surface area contributed by atoms with E-state index in [1.807, 2.05) is 18.2 Å². The van der Waals surface area contributed by atoms with Gasteiger partial charge in [-0.3, -0.25) is 4.79 Å². The molecule has 1 N–H and O–H groups in total. The normalized spacial score (nSPS) is 22.4. The molecule has 1 fully saturated rings. The molecule has 110 valence electrons. The van der Waals surface area contributed by atoms with Gasteiger partial charge in [0.1, 0.15) is 0 Å². The third-order valence-electron chi connectivity index (χ3n) is 4.49. The van der Waals surface area contributed by atoms with E-state index in [0.717, 1.165) is 11.6 Å². The summed E-state index contributed by atoms with van der Waals surface area (Å²) < 4.78 is 0. The van der Waals surface area contributed by atoms with Crippen LogP contribution in [-0.2, 0) is 4.79 Å². The van der Waals surface area contributed by atoms with Gasteiger partial charge in [0.2, 0.25) is 0 Å². The molecule has 1 aliphatic rings. The number of nitrogens with zero attached hydrogens (tertiary/aromatic N) is 1. The average molecular weight is 275 g/mol. The lowest BCUT2D eigenvalue weighted by Crippen LogP contribution is -2.39. The van der Waals surface area contributed by atoms with Crippen molar-refractivity contribution in [2.75, 3.05) is 11.4 Å². The van der Waals surface area contributed by atoms with Crippen molar-refractivity contribution in [1.29, 1.82) is 0 Å². The summed E-state index contributed by atoms with van der Waals surface area (Å²) >= 11 is 0. The highest BCUT2D eigenvalue weighted by Crippen LogP contribution is 2.32. The number of aliphatic carboxylic acids is 1. The van der Waals surface area contributed by atoms with Crippen molar-refractivity contribution in [3.05, 3.63) is 30.3 Å². The molecule has 0 saturated heterocycles. The van der Waals surface area contributed by atoms with Crippen LogP contribution >= 0.6 is 0 Å². The van der Waals surface area contributed by atoms with Gasteiger partial charge in [0.15, 0.2) is 0 Å². The van der Waals surface area contributed by atoms with Crippen LogP contribution in [-0.4, -0.2) is 23.7 Å². The molecule has 1 aromatic carbocycles. The minimum Gasteiger partial charge on any atom is -0.481 e. The van der Waals surface area contributed by atoms with Gasteiger partial charge in [-0.25, -0.2) is 0 Å². The molecule has 20 heavy (non-hydrogen) atoms. The molecule has 2 rings (SSSR count). The van der Waals surface area contributed by atoms with E-state index in [4.69, 9.17) is 5.11 Å². The number of benzene rings is 1. The van der Waals surface area contributed by atoms with Crippen LogP contribution in [0.15, 0.2) is 30.3 Å². The first-order chi connectivity index (χ1) is 9.70. The molecule has 0 heterocycles. The van der Waals surface area contributed by atoms with E-state index in [-0.39, 0.29) is 6.42 Å². The van der Waals surface area contributed by atoms with Gasteiger partial charge in [-0.15, -0.1) is 0 Å². The van der Waals surface area contributed by atoms with Gasteiger partial charge in [-0.2, -0.15) is 0 Å². The smallest absolute Gasteiger partial charge is 0.305 e. The molecule has 3 nitrogen and oxygen atoms in total. The fourth-order valence-corrected chi connectivity index (χ4v) is 3.22.